The van der Waals surface area contributed by atoms with Gasteiger partial charge in [0.1, 0.15) is 0 Å². The fourth-order valence-electron chi connectivity index (χ4n) is 1.47. The highest BCUT2D eigenvalue weighted by molar-refractivity contribution is 5.35. The van der Waals surface area contributed by atoms with Gasteiger partial charge in [-0.25, -0.2) is 0 Å². The van der Waals surface area contributed by atoms with E-state index in [0.29, 0.717) is 0 Å². The van der Waals surface area contributed by atoms with Crippen molar-refractivity contribution in [3.8, 4) is 0 Å². The van der Waals surface area contributed by atoms with Crippen molar-refractivity contribution in [1.29, 1.82) is 0 Å². The molecule has 2 nitrogen and oxygen atoms in total. The van der Waals surface area contributed by atoms with Crippen LogP contribution in [0.4, 0.5) is 0 Å². The second kappa shape index (κ2) is 5.01. The van der Waals surface area contributed by atoms with Gasteiger partial charge in [-0.2, -0.15) is 0 Å². The van der Waals surface area contributed by atoms with Gasteiger partial charge < -0.3 is 10.6 Å². The van der Waals surface area contributed by atoms with Crippen LogP contribution in [0, 0.1) is 0 Å². The third kappa shape index (κ3) is 3.38. The van der Waals surface area contributed by atoms with E-state index < -0.39 is 0 Å². The van der Waals surface area contributed by atoms with E-state index in [1.807, 2.05) is 6.08 Å². The molecule has 0 bridgehead atoms. The first-order valence-electron chi connectivity index (χ1n) is 5.07. The summed E-state index contributed by atoms with van der Waals surface area (Å²) in [5.41, 5.74) is 9.29. The molecule has 0 aromatic rings. The Morgan fingerprint density at radius 3 is 2.64 bits per heavy atom. The number of nitrogens with zero attached hydrogens (tertiary/aromatic N) is 1. The maximum Gasteiger partial charge on any atom is 0.00838 e. The van der Waals surface area contributed by atoms with Crippen molar-refractivity contribution in [2.45, 2.75) is 19.3 Å². The summed E-state index contributed by atoms with van der Waals surface area (Å²) in [7, 11) is 4.17. The third-order valence-electron chi connectivity index (χ3n) is 2.50. The Bertz CT molecular complexity index is 272. The lowest BCUT2D eigenvalue weighted by atomic mass is 9.95. The summed E-state index contributed by atoms with van der Waals surface area (Å²) < 4.78 is 0. The molecule has 14 heavy (non-hydrogen) atoms. The Kier molecular flexibility index (Phi) is 3.96. The molecule has 0 radical (unpaired) electrons. The lowest BCUT2D eigenvalue weighted by Gasteiger charge is -2.16. The number of allylic oxidation sites excluding steroid dienone is 4. The predicted molar refractivity (Wildman–Crippen MR) is 61.9 cm³/mol. The van der Waals surface area contributed by atoms with Gasteiger partial charge >= 0.3 is 0 Å². The fraction of sp³-hybridized carbons (Fsp3) is 0.500. The van der Waals surface area contributed by atoms with E-state index in [4.69, 9.17) is 5.73 Å². The van der Waals surface area contributed by atoms with Crippen LogP contribution in [-0.4, -0.2) is 25.5 Å². The van der Waals surface area contributed by atoms with Gasteiger partial charge in [0.05, 0.1) is 0 Å². The van der Waals surface area contributed by atoms with Gasteiger partial charge in [-0.3, -0.25) is 0 Å². The first-order chi connectivity index (χ1) is 6.59. The van der Waals surface area contributed by atoms with Gasteiger partial charge in [0.25, 0.3) is 0 Å². The molecule has 2 heteroatoms. The Labute approximate surface area is 86.8 Å². The van der Waals surface area contributed by atoms with Crippen LogP contribution in [0.25, 0.3) is 0 Å². The molecule has 0 aromatic carbocycles. The highest BCUT2D eigenvalue weighted by Gasteiger charge is 2.07. The van der Waals surface area contributed by atoms with E-state index in [-0.39, 0.29) is 0 Å². The smallest absolute Gasteiger partial charge is 0.00838 e. The van der Waals surface area contributed by atoms with E-state index in [2.05, 4.69) is 31.7 Å². The first kappa shape index (κ1) is 11.1. The normalized spacial score (nSPS) is 16.5. The van der Waals surface area contributed by atoms with Crippen LogP contribution in [0.1, 0.15) is 19.3 Å². The summed E-state index contributed by atoms with van der Waals surface area (Å²) in [5, 5.41) is 0. The number of nitrogens with two attached hydrogens (primary N) is 1. The molecule has 1 aliphatic carbocycles. The molecule has 0 fully saturated rings. The van der Waals surface area contributed by atoms with Crippen LogP contribution in [0.5, 0.6) is 0 Å². The highest BCUT2D eigenvalue weighted by Crippen LogP contribution is 2.22. The largest absolute Gasteiger partial charge is 0.402 e. The van der Waals surface area contributed by atoms with Crippen molar-refractivity contribution >= 4 is 0 Å². The zero-order valence-electron chi connectivity index (χ0n) is 9.21. The molecule has 1 rings (SSSR count). The van der Waals surface area contributed by atoms with Crippen LogP contribution >= 0.6 is 0 Å². The van der Waals surface area contributed by atoms with Gasteiger partial charge in [-0.15, -0.1) is 0 Å². The summed E-state index contributed by atoms with van der Waals surface area (Å²) in [6.45, 7) is 5.18. The van der Waals surface area contributed by atoms with E-state index in [1.165, 1.54) is 11.1 Å². The number of hydrogen-bond donors (Lipinski definition) is 1. The Morgan fingerprint density at radius 2 is 2.14 bits per heavy atom. The van der Waals surface area contributed by atoms with Crippen molar-refractivity contribution < 1.29 is 0 Å². The molecule has 0 amide bonds. The van der Waals surface area contributed by atoms with Crippen molar-refractivity contribution in [3.05, 3.63) is 35.6 Å². The maximum atomic E-state index is 5.70. The van der Waals surface area contributed by atoms with E-state index in [0.717, 1.165) is 31.5 Å². The van der Waals surface area contributed by atoms with Crippen LogP contribution in [-0.2, 0) is 0 Å². The van der Waals surface area contributed by atoms with Crippen molar-refractivity contribution in [3.63, 3.8) is 0 Å². The average Bonchev–Trinajstić information content (AvgIpc) is 2.15. The summed E-state index contributed by atoms with van der Waals surface area (Å²) >= 11 is 0. The minimum Gasteiger partial charge on any atom is -0.402 e. The average molecular weight is 192 g/mol. The third-order valence-corrected chi connectivity index (χ3v) is 2.50. The van der Waals surface area contributed by atoms with Crippen molar-refractivity contribution in [2.75, 3.05) is 20.6 Å². The van der Waals surface area contributed by atoms with Gasteiger partial charge in [-0.1, -0.05) is 18.2 Å². The van der Waals surface area contributed by atoms with Crippen LogP contribution in [0.15, 0.2) is 35.6 Å². The Balaban J connectivity index is 2.46. The molecular formula is C12H20N2. The monoisotopic (exact) mass is 192 g/mol. The predicted octanol–water partition coefficient (Wildman–Crippen LogP) is 2.06. The molecule has 1 aliphatic rings. The molecule has 0 spiro atoms. The molecule has 0 aromatic heterocycles. The standard InChI is InChI=1S/C12H20N2/c1-10(8-9-14(2)3)11-4-6-12(13)7-5-11/h4,6H,1,5,7-9,13H2,2-3H3. The van der Waals surface area contributed by atoms with Gasteiger partial charge in [0.15, 0.2) is 0 Å². The second-order valence-corrected chi connectivity index (χ2v) is 4.09. The van der Waals surface area contributed by atoms with E-state index >= 15 is 0 Å². The van der Waals surface area contributed by atoms with E-state index in [1.54, 1.807) is 0 Å². The Morgan fingerprint density at radius 1 is 1.43 bits per heavy atom. The zero-order chi connectivity index (χ0) is 10.6. The molecule has 0 unspecified atom stereocenters. The molecule has 0 atom stereocenters. The van der Waals surface area contributed by atoms with Crippen molar-refractivity contribution in [1.82, 2.24) is 4.90 Å². The quantitative estimate of drug-likeness (QED) is 0.738. The van der Waals surface area contributed by atoms with Gasteiger partial charge in [-0.05, 0) is 45.0 Å². The lowest BCUT2D eigenvalue weighted by molar-refractivity contribution is 0.413. The maximum absolute atomic E-state index is 5.70. The lowest BCUT2D eigenvalue weighted by Crippen LogP contribution is -2.14. The molecule has 0 heterocycles. The SMILES string of the molecule is C=C(CCN(C)C)C1=CC=C(N)CC1. The summed E-state index contributed by atoms with van der Waals surface area (Å²) in [4.78, 5) is 2.18. The van der Waals surface area contributed by atoms with Gasteiger partial charge in [0, 0.05) is 12.2 Å². The molecule has 2 N–H and O–H groups in total. The molecule has 78 valence electrons. The molecule has 0 saturated heterocycles. The number of hydrogen-bond acceptors (Lipinski definition) is 2. The van der Waals surface area contributed by atoms with Crippen LogP contribution < -0.4 is 5.73 Å². The minimum absolute atomic E-state index is 0.979. The van der Waals surface area contributed by atoms with Crippen LogP contribution in [0.3, 0.4) is 0 Å². The molecular weight excluding hydrogens is 172 g/mol. The van der Waals surface area contributed by atoms with Gasteiger partial charge in [0.2, 0.25) is 0 Å². The summed E-state index contributed by atoms with van der Waals surface area (Å²) in [6.07, 6.45) is 7.19. The summed E-state index contributed by atoms with van der Waals surface area (Å²) in [5.74, 6) is 0. The minimum atomic E-state index is 0.979. The summed E-state index contributed by atoms with van der Waals surface area (Å²) in [6, 6.07) is 0. The first-order valence-corrected chi connectivity index (χ1v) is 5.07. The van der Waals surface area contributed by atoms with E-state index in [9.17, 15) is 0 Å². The second-order valence-electron chi connectivity index (χ2n) is 4.09. The molecule has 0 aliphatic heterocycles. The van der Waals surface area contributed by atoms with Crippen LogP contribution in [0.2, 0.25) is 0 Å². The fourth-order valence-corrected chi connectivity index (χ4v) is 1.47. The van der Waals surface area contributed by atoms with Crippen molar-refractivity contribution in [2.24, 2.45) is 5.73 Å². The highest BCUT2D eigenvalue weighted by atomic mass is 15.0. The topological polar surface area (TPSA) is 29.3 Å². The Hall–Kier alpha value is -1.02. The zero-order valence-corrected chi connectivity index (χ0v) is 9.21. The number of rotatable bonds is 4. The molecule has 0 saturated carbocycles.